The molecule has 0 aliphatic heterocycles. The number of ether oxygens (including phenoxy) is 2. The Balaban J connectivity index is 2.54. The van der Waals surface area contributed by atoms with Crippen LogP contribution < -0.4 is 15.1 Å². The molecule has 1 aromatic heterocycles. The molecule has 1 amide bonds. The van der Waals surface area contributed by atoms with Crippen LogP contribution in [0, 0.1) is 0 Å². The maximum atomic E-state index is 11.5. The van der Waals surface area contributed by atoms with Crippen LogP contribution >= 0.6 is 0 Å². The number of rotatable bonds is 2. The van der Waals surface area contributed by atoms with Gasteiger partial charge in [-0.1, -0.05) is 0 Å². The van der Waals surface area contributed by atoms with E-state index in [0.29, 0.717) is 16.7 Å². The average Bonchev–Trinajstić information content (AvgIpc) is 2.37. The van der Waals surface area contributed by atoms with Gasteiger partial charge < -0.3 is 18.8 Å². The molecule has 6 nitrogen and oxygen atoms in total. The molecule has 0 radical (unpaired) electrons. The zero-order valence-electron chi connectivity index (χ0n) is 10.8. The summed E-state index contributed by atoms with van der Waals surface area (Å²) >= 11 is 0. The fraction of sp³-hybridized carbons (Fsp3) is 0.231. The van der Waals surface area contributed by atoms with Crippen molar-refractivity contribution in [1.29, 1.82) is 0 Å². The molecular weight excluding hydrogens is 250 g/mol. The molecule has 1 aromatic carbocycles. The maximum absolute atomic E-state index is 11.5. The molecule has 0 unspecified atom stereocenters. The number of amides is 1. The van der Waals surface area contributed by atoms with E-state index >= 15 is 0 Å². The van der Waals surface area contributed by atoms with E-state index in [2.05, 4.69) is 0 Å². The first-order chi connectivity index (χ1) is 9.01. The molecule has 1 heterocycles. The Kier molecular flexibility index (Phi) is 3.41. The van der Waals surface area contributed by atoms with Crippen LogP contribution in [-0.4, -0.2) is 32.2 Å². The molecule has 0 bridgehead atoms. The Bertz CT molecular complexity index is 674. The third-order valence-electron chi connectivity index (χ3n) is 2.48. The summed E-state index contributed by atoms with van der Waals surface area (Å²) in [6.45, 7) is 0. The molecule has 0 spiro atoms. The van der Waals surface area contributed by atoms with Crippen molar-refractivity contribution < 1.29 is 18.7 Å². The van der Waals surface area contributed by atoms with Crippen LogP contribution in [0.3, 0.4) is 0 Å². The Hall–Kier alpha value is -2.50. The van der Waals surface area contributed by atoms with Crippen molar-refractivity contribution >= 4 is 17.1 Å². The van der Waals surface area contributed by atoms with E-state index in [9.17, 15) is 9.59 Å². The second-order valence-electron chi connectivity index (χ2n) is 4.05. The van der Waals surface area contributed by atoms with Crippen LogP contribution in [0.25, 0.3) is 11.0 Å². The summed E-state index contributed by atoms with van der Waals surface area (Å²) in [5.74, 6) is 0.708. The van der Waals surface area contributed by atoms with E-state index in [1.165, 1.54) is 12.0 Å². The lowest BCUT2D eigenvalue weighted by Crippen LogP contribution is -2.25. The lowest BCUT2D eigenvalue weighted by Gasteiger charge is -2.11. The number of fused-ring (bicyclic) bond motifs is 1. The molecule has 2 aromatic rings. The van der Waals surface area contributed by atoms with Crippen molar-refractivity contribution in [2.75, 3.05) is 21.2 Å². The zero-order chi connectivity index (χ0) is 14.0. The lowest BCUT2D eigenvalue weighted by atomic mass is 10.2. The summed E-state index contributed by atoms with van der Waals surface area (Å²) < 4.78 is 15.2. The highest BCUT2D eigenvalue weighted by molar-refractivity contribution is 5.86. The minimum absolute atomic E-state index is 0.160. The van der Waals surface area contributed by atoms with Gasteiger partial charge in [-0.2, -0.15) is 0 Å². The van der Waals surface area contributed by atoms with Gasteiger partial charge in [0.25, 0.3) is 0 Å². The highest BCUT2D eigenvalue weighted by Gasteiger charge is 2.13. The number of nitrogens with zero attached hydrogens (tertiary/aromatic N) is 1. The Morgan fingerprint density at radius 2 is 2.00 bits per heavy atom. The number of carbonyl (C=O) groups excluding carboxylic acids is 1. The normalized spacial score (nSPS) is 10.3. The SMILES string of the molecule is COc1ccc2c(OC(=O)N(C)C)cc(=O)oc2c1. The van der Waals surface area contributed by atoms with Gasteiger partial charge in [-0.05, 0) is 12.1 Å². The van der Waals surface area contributed by atoms with Crippen molar-refractivity contribution in [3.05, 3.63) is 34.7 Å². The fourth-order valence-electron chi connectivity index (χ4n) is 1.51. The number of hydrogen-bond acceptors (Lipinski definition) is 5. The van der Waals surface area contributed by atoms with Crippen molar-refractivity contribution in [3.63, 3.8) is 0 Å². The quantitative estimate of drug-likeness (QED) is 0.773. The van der Waals surface area contributed by atoms with Gasteiger partial charge in [0, 0.05) is 20.2 Å². The number of methoxy groups -OCH3 is 1. The second kappa shape index (κ2) is 5.01. The van der Waals surface area contributed by atoms with E-state index in [1.54, 1.807) is 32.3 Å². The minimum Gasteiger partial charge on any atom is -0.497 e. The highest BCUT2D eigenvalue weighted by atomic mass is 16.6. The van der Waals surface area contributed by atoms with E-state index in [-0.39, 0.29) is 5.75 Å². The van der Waals surface area contributed by atoms with Gasteiger partial charge in [-0.15, -0.1) is 0 Å². The first-order valence-corrected chi connectivity index (χ1v) is 5.52. The topological polar surface area (TPSA) is 69.0 Å². The van der Waals surface area contributed by atoms with Crippen LogP contribution in [0.15, 0.2) is 33.5 Å². The predicted molar refractivity (Wildman–Crippen MR) is 68.7 cm³/mol. The Labute approximate surface area is 109 Å². The van der Waals surface area contributed by atoms with Gasteiger partial charge in [-0.3, -0.25) is 0 Å². The third kappa shape index (κ3) is 2.67. The zero-order valence-corrected chi connectivity index (χ0v) is 10.8. The van der Waals surface area contributed by atoms with Gasteiger partial charge >= 0.3 is 11.7 Å². The molecule has 0 saturated heterocycles. The molecule has 0 aliphatic carbocycles. The van der Waals surface area contributed by atoms with Crippen LogP contribution in [0.4, 0.5) is 4.79 Å². The highest BCUT2D eigenvalue weighted by Crippen LogP contribution is 2.27. The molecule has 19 heavy (non-hydrogen) atoms. The van der Waals surface area contributed by atoms with Crippen molar-refractivity contribution in [3.8, 4) is 11.5 Å². The predicted octanol–water partition coefficient (Wildman–Crippen LogP) is 1.86. The molecular formula is C13H13NO5. The summed E-state index contributed by atoms with van der Waals surface area (Å²) in [7, 11) is 4.62. The first-order valence-electron chi connectivity index (χ1n) is 5.52. The molecule has 0 N–H and O–H groups in total. The van der Waals surface area contributed by atoms with Gasteiger partial charge in [0.05, 0.1) is 18.6 Å². The lowest BCUT2D eigenvalue weighted by molar-refractivity contribution is 0.172. The van der Waals surface area contributed by atoms with Crippen LogP contribution in [0.2, 0.25) is 0 Å². The number of hydrogen-bond donors (Lipinski definition) is 0. The van der Waals surface area contributed by atoms with E-state index in [1.807, 2.05) is 0 Å². The average molecular weight is 263 g/mol. The molecule has 6 heteroatoms. The van der Waals surface area contributed by atoms with Gasteiger partial charge in [-0.25, -0.2) is 9.59 Å². The fourth-order valence-corrected chi connectivity index (χ4v) is 1.51. The van der Waals surface area contributed by atoms with Gasteiger partial charge in [0.1, 0.15) is 11.3 Å². The van der Waals surface area contributed by atoms with Gasteiger partial charge in [0.2, 0.25) is 0 Å². The summed E-state index contributed by atoms with van der Waals surface area (Å²) in [5.41, 5.74) is -0.296. The monoisotopic (exact) mass is 263 g/mol. The smallest absolute Gasteiger partial charge is 0.414 e. The van der Waals surface area contributed by atoms with Crippen LogP contribution in [0.1, 0.15) is 0 Å². The maximum Gasteiger partial charge on any atom is 0.414 e. The molecule has 0 saturated carbocycles. The molecule has 0 fully saturated rings. The Morgan fingerprint density at radius 1 is 1.26 bits per heavy atom. The first kappa shape index (κ1) is 12.9. The summed E-state index contributed by atoms with van der Waals surface area (Å²) in [5, 5.41) is 0.524. The minimum atomic E-state index is -0.595. The van der Waals surface area contributed by atoms with Crippen LogP contribution in [-0.2, 0) is 0 Å². The van der Waals surface area contributed by atoms with Gasteiger partial charge in [0.15, 0.2) is 5.75 Å². The molecule has 0 aliphatic rings. The number of carbonyl (C=O) groups is 1. The van der Waals surface area contributed by atoms with Crippen LogP contribution in [0.5, 0.6) is 11.5 Å². The van der Waals surface area contributed by atoms with E-state index in [4.69, 9.17) is 13.9 Å². The largest absolute Gasteiger partial charge is 0.497 e. The number of benzene rings is 1. The van der Waals surface area contributed by atoms with Crippen molar-refractivity contribution in [2.45, 2.75) is 0 Å². The summed E-state index contributed by atoms with van der Waals surface area (Å²) in [4.78, 5) is 24.2. The second-order valence-corrected chi connectivity index (χ2v) is 4.05. The third-order valence-corrected chi connectivity index (χ3v) is 2.48. The molecule has 2 rings (SSSR count). The van der Waals surface area contributed by atoms with Crippen molar-refractivity contribution in [1.82, 2.24) is 4.90 Å². The van der Waals surface area contributed by atoms with E-state index < -0.39 is 11.7 Å². The Morgan fingerprint density at radius 3 is 2.63 bits per heavy atom. The standard InChI is InChI=1S/C13H13NO5/c1-14(2)13(16)19-11-7-12(15)18-10-6-8(17-3)4-5-9(10)11/h4-7H,1-3H3. The summed E-state index contributed by atoms with van der Waals surface area (Å²) in [6, 6.07) is 6.05. The molecule has 0 atom stereocenters. The summed E-state index contributed by atoms with van der Waals surface area (Å²) in [6.07, 6.45) is -0.567. The van der Waals surface area contributed by atoms with E-state index in [0.717, 1.165) is 6.07 Å². The molecule has 100 valence electrons. The van der Waals surface area contributed by atoms with Crippen molar-refractivity contribution in [2.24, 2.45) is 0 Å².